The van der Waals surface area contributed by atoms with E-state index in [0.717, 1.165) is 6.08 Å². The Hall–Kier alpha value is -2.43. The zero-order valence-corrected chi connectivity index (χ0v) is 8.18. The van der Waals surface area contributed by atoms with Crippen LogP contribution in [0.5, 0.6) is 0 Å². The molecule has 80 valence electrons. The number of rotatable bonds is 3. The van der Waals surface area contributed by atoms with Gasteiger partial charge in [-0.2, -0.15) is 0 Å². The lowest BCUT2D eigenvalue weighted by atomic mass is 10.1. The zero-order valence-electron chi connectivity index (χ0n) is 8.18. The Labute approximate surface area is 90.4 Å². The number of hydrogen-bond donors (Lipinski definition) is 2. The average molecular weight is 216 g/mol. The smallest absolute Gasteiger partial charge is 0.328 e. The third-order valence-corrected chi connectivity index (χ3v) is 2.12. The van der Waals surface area contributed by atoms with Gasteiger partial charge < -0.3 is 10.1 Å². The second-order valence-corrected chi connectivity index (χ2v) is 3.20. The van der Waals surface area contributed by atoms with Gasteiger partial charge in [-0.05, 0) is 18.2 Å². The molecule has 1 heterocycles. The number of benzene rings is 1. The largest absolute Gasteiger partial charge is 0.478 e. The summed E-state index contributed by atoms with van der Waals surface area (Å²) in [6.45, 7) is 0. The normalized spacial score (nSPS) is 11.0. The lowest BCUT2D eigenvalue weighted by Crippen LogP contribution is -1.88. The molecule has 0 atom stereocenters. The second-order valence-electron chi connectivity index (χ2n) is 3.20. The molecule has 0 aliphatic carbocycles. The van der Waals surface area contributed by atoms with E-state index >= 15 is 0 Å². The van der Waals surface area contributed by atoms with E-state index in [1.54, 1.807) is 12.1 Å². The van der Waals surface area contributed by atoms with Crippen molar-refractivity contribution in [2.75, 3.05) is 0 Å². The molecule has 0 spiro atoms. The van der Waals surface area contributed by atoms with Crippen LogP contribution in [0.1, 0.15) is 15.9 Å². The Morgan fingerprint density at radius 2 is 2.25 bits per heavy atom. The summed E-state index contributed by atoms with van der Waals surface area (Å²) in [5.41, 5.74) is 2.42. The number of carbonyl (C=O) groups is 2. The van der Waals surface area contributed by atoms with Crippen molar-refractivity contribution >= 4 is 29.4 Å². The van der Waals surface area contributed by atoms with Gasteiger partial charge in [0.1, 0.15) is 6.29 Å². The van der Waals surface area contributed by atoms with Crippen LogP contribution in [0.4, 0.5) is 0 Å². The van der Waals surface area contributed by atoms with Crippen LogP contribution in [0.25, 0.3) is 17.1 Å². The van der Waals surface area contributed by atoms with Crippen LogP contribution in [0.15, 0.2) is 24.5 Å². The van der Waals surface area contributed by atoms with Gasteiger partial charge in [-0.3, -0.25) is 4.79 Å². The van der Waals surface area contributed by atoms with Gasteiger partial charge in [0.25, 0.3) is 0 Å². The van der Waals surface area contributed by atoms with Crippen LogP contribution in [-0.4, -0.2) is 27.3 Å². The first-order chi connectivity index (χ1) is 7.70. The van der Waals surface area contributed by atoms with E-state index in [4.69, 9.17) is 5.11 Å². The number of aldehydes is 1. The number of fused-ring (bicyclic) bond motifs is 1. The Balaban J connectivity index is 2.60. The Bertz CT molecular complexity index is 584. The van der Waals surface area contributed by atoms with Crippen molar-refractivity contribution in [1.82, 2.24) is 9.97 Å². The molecule has 2 aromatic rings. The highest BCUT2D eigenvalue weighted by Crippen LogP contribution is 2.18. The fourth-order valence-corrected chi connectivity index (χ4v) is 1.46. The summed E-state index contributed by atoms with van der Waals surface area (Å²) in [5.74, 6) is -1.04. The van der Waals surface area contributed by atoms with Gasteiger partial charge in [0.15, 0.2) is 0 Å². The molecule has 2 N–H and O–H groups in total. The van der Waals surface area contributed by atoms with Crippen LogP contribution in [0.3, 0.4) is 0 Å². The molecule has 0 aliphatic heterocycles. The minimum Gasteiger partial charge on any atom is -0.478 e. The fourth-order valence-electron chi connectivity index (χ4n) is 1.46. The maximum absolute atomic E-state index is 10.7. The third-order valence-electron chi connectivity index (χ3n) is 2.12. The van der Waals surface area contributed by atoms with Crippen LogP contribution in [0.2, 0.25) is 0 Å². The Morgan fingerprint density at radius 3 is 2.94 bits per heavy atom. The van der Waals surface area contributed by atoms with Gasteiger partial charge in [0.05, 0.1) is 17.4 Å². The highest BCUT2D eigenvalue weighted by Gasteiger charge is 2.04. The van der Waals surface area contributed by atoms with Gasteiger partial charge in [-0.15, -0.1) is 0 Å². The number of H-pyrrole nitrogens is 1. The SMILES string of the molecule is O=Cc1cc(C=CC(=O)O)c2nc[nH]c2c1. The molecular formula is C11H8N2O3. The third kappa shape index (κ3) is 1.83. The van der Waals surface area contributed by atoms with Crippen LogP contribution in [-0.2, 0) is 4.79 Å². The molecule has 16 heavy (non-hydrogen) atoms. The number of nitrogens with zero attached hydrogens (tertiary/aromatic N) is 1. The first kappa shape index (κ1) is 10.1. The standard InChI is InChI=1S/C11H8N2O3/c14-5-7-3-8(1-2-10(15)16)11-9(4-7)12-6-13-11/h1-6H,(H,12,13)(H,15,16). The summed E-state index contributed by atoms with van der Waals surface area (Å²) in [5, 5.41) is 8.54. The fraction of sp³-hybridized carbons (Fsp3) is 0. The molecule has 0 radical (unpaired) electrons. The number of carboxylic acid groups (broad SMARTS) is 1. The minimum absolute atomic E-state index is 0.474. The summed E-state index contributed by atoms with van der Waals surface area (Å²) >= 11 is 0. The second kappa shape index (κ2) is 3.98. The van der Waals surface area contributed by atoms with Crippen LogP contribution < -0.4 is 0 Å². The van der Waals surface area contributed by atoms with E-state index in [1.807, 2.05) is 0 Å². The molecule has 0 saturated heterocycles. The summed E-state index contributed by atoms with van der Waals surface area (Å²) in [4.78, 5) is 28.0. The topological polar surface area (TPSA) is 83.1 Å². The molecule has 5 nitrogen and oxygen atoms in total. The van der Waals surface area contributed by atoms with Gasteiger partial charge in [0, 0.05) is 17.2 Å². The molecule has 5 heteroatoms. The van der Waals surface area contributed by atoms with E-state index in [0.29, 0.717) is 28.4 Å². The molecular weight excluding hydrogens is 208 g/mol. The number of carboxylic acids is 1. The van der Waals surface area contributed by atoms with Crippen LogP contribution >= 0.6 is 0 Å². The van der Waals surface area contributed by atoms with E-state index in [1.165, 1.54) is 12.4 Å². The molecule has 0 bridgehead atoms. The Morgan fingerprint density at radius 1 is 1.44 bits per heavy atom. The van der Waals surface area contributed by atoms with Crippen molar-refractivity contribution < 1.29 is 14.7 Å². The maximum Gasteiger partial charge on any atom is 0.328 e. The van der Waals surface area contributed by atoms with Gasteiger partial charge in [-0.25, -0.2) is 9.78 Å². The number of imidazole rings is 1. The zero-order chi connectivity index (χ0) is 11.5. The molecule has 0 amide bonds. The highest BCUT2D eigenvalue weighted by molar-refractivity contribution is 5.94. The van der Waals surface area contributed by atoms with E-state index in [9.17, 15) is 9.59 Å². The average Bonchev–Trinajstić information content (AvgIpc) is 2.73. The molecule has 1 aromatic heterocycles. The number of hydrogen-bond acceptors (Lipinski definition) is 3. The predicted octanol–water partition coefficient (Wildman–Crippen LogP) is 1.47. The minimum atomic E-state index is -1.04. The summed E-state index contributed by atoms with van der Waals surface area (Å²) < 4.78 is 0. The van der Waals surface area contributed by atoms with Crippen molar-refractivity contribution in [1.29, 1.82) is 0 Å². The van der Waals surface area contributed by atoms with Gasteiger partial charge in [-0.1, -0.05) is 0 Å². The number of aromatic amines is 1. The molecule has 0 fully saturated rings. The summed E-state index contributed by atoms with van der Waals surface area (Å²) in [6.07, 6.45) is 4.63. The molecule has 2 rings (SSSR count). The predicted molar refractivity (Wildman–Crippen MR) is 58.2 cm³/mol. The number of carbonyl (C=O) groups excluding carboxylic acids is 1. The van der Waals surface area contributed by atoms with E-state index in [-0.39, 0.29) is 0 Å². The molecule has 0 unspecified atom stereocenters. The molecule has 0 saturated carbocycles. The van der Waals surface area contributed by atoms with E-state index < -0.39 is 5.97 Å². The quantitative estimate of drug-likeness (QED) is 0.601. The summed E-state index contributed by atoms with van der Waals surface area (Å²) in [6, 6.07) is 3.25. The van der Waals surface area contributed by atoms with Gasteiger partial charge in [0.2, 0.25) is 0 Å². The number of aliphatic carboxylic acids is 1. The van der Waals surface area contributed by atoms with E-state index in [2.05, 4.69) is 9.97 Å². The van der Waals surface area contributed by atoms with Crippen molar-refractivity contribution in [2.45, 2.75) is 0 Å². The lowest BCUT2D eigenvalue weighted by Gasteiger charge is -1.97. The first-order valence-corrected chi connectivity index (χ1v) is 4.54. The van der Waals surface area contributed by atoms with Crippen molar-refractivity contribution in [2.24, 2.45) is 0 Å². The van der Waals surface area contributed by atoms with Crippen molar-refractivity contribution in [3.63, 3.8) is 0 Å². The van der Waals surface area contributed by atoms with Gasteiger partial charge >= 0.3 is 5.97 Å². The Kier molecular flexibility index (Phi) is 2.51. The van der Waals surface area contributed by atoms with Crippen molar-refractivity contribution in [3.8, 4) is 0 Å². The molecule has 1 aromatic carbocycles. The summed E-state index contributed by atoms with van der Waals surface area (Å²) in [7, 11) is 0. The monoisotopic (exact) mass is 216 g/mol. The highest BCUT2D eigenvalue weighted by atomic mass is 16.4. The number of nitrogens with one attached hydrogen (secondary N) is 1. The van der Waals surface area contributed by atoms with Crippen LogP contribution in [0, 0.1) is 0 Å². The number of aromatic nitrogens is 2. The van der Waals surface area contributed by atoms with Crippen molar-refractivity contribution in [3.05, 3.63) is 35.7 Å². The molecule has 0 aliphatic rings. The maximum atomic E-state index is 10.7. The first-order valence-electron chi connectivity index (χ1n) is 4.54. The lowest BCUT2D eigenvalue weighted by molar-refractivity contribution is -0.131.